The maximum atomic E-state index is 11.8. The fourth-order valence-corrected chi connectivity index (χ4v) is 4.84. The smallest absolute Gasteiger partial charge is 0.335 e. The van der Waals surface area contributed by atoms with Crippen molar-refractivity contribution in [2.75, 3.05) is 6.61 Å². The molecule has 1 aliphatic heterocycles. The van der Waals surface area contributed by atoms with Crippen LogP contribution in [0.25, 0.3) is 0 Å². The zero-order chi connectivity index (χ0) is 14.7. The van der Waals surface area contributed by atoms with Crippen LogP contribution in [-0.2, 0) is 14.3 Å². The average Bonchev–Trinajstić information content (AvgIpc) is 2.55. The lowest BCUT2D eigenvalue weighted by molar-refractivity contribution is -0.174. The Morgan fingerprint density at radius 2 is 1.71 bits per heavy atom. The lowest BCUT2D eigenvalue weighted by atomic mass is 9.68. The van der Waals surface area contributed by atoms with Gasteiger partial charge in [0.2, 0.25) is 0 Å². The van der Waals surface area contributed by atoms with Crippen molar-refractivity contribution in [2.24, 2.45) is 17.8 Å². The fourth-order valence-electron chi connectivity index (χ4n) is 4.84. The fraction of sp³-hybridized carbons (Fsp3) is 0.944. The Labute approximate surface area is 128 Å². The first-order chi connectivity index (χ1) is 10.3. The van der Waals surface area contributed by atoms with Gasteiger partial charge in [0.05, 0.1) is 12.7 Å². The van der Waals surface area contributed by atoms with Crippen molar-refractivity contribution in [2.45, 2.75) is 83.3 Å². The van der Waals surface area contributed by atoms with E-state index in [1.807, 2.05) is 6.92 Å². The molecule has 0 spiro atoms. The monoisotopic (exact) mass is 294 g/mol. The molecule has 0 radical (unpaired) electrons. The van der Waals surface area contributed by atoms with E-state index in [1.54, 1.807) is 0 Å². The predicted octanol–water partition coefficient (Wildman–Crippen LogP) is 4.09. The minimum Gasteiger partial charge on any atom is -0.464 e. The molecule has 0 aromatic heterocycles. The van der Waals surface area contributed by atoms with E-state index >= 15 is 0 Å². The van der Waals surface area contributed by atoms with Crippen LogP contribution in [0.1, 0.15) is 71.1 Å². The van der Waals surface area contributed by atoms with Gasteiger partial charge >= 0.3 is 5.97 Å². The summed E-state index contributed by atoms with van der Waals surface area (Å²) in [4.78, 5) is 11.8. The molecular weight excluding hydrogens is 264 g/mol. The minimum atomic E-state index is -0.294. The average molecular weight is 294 g/mol. The Morgan fingerprint density at radius 3 is 2.48 bits per heavy atom. The summed E-state index contributed by atoms with van der Waals surface area (Å²) in [5.74, 6) is 2.44. The van der Waals surface area contributed by atoms with Gasteiger partial charge in [-0.25, -0.2) is 4.79 Å². The molecule has 0 aromatic carbocycles. The van der Waals surface area contributed by atoms with Crippen molar-refractivity contribution in [1.29, 1.82) is 0 Å². The number of hydrogen-bond donors (Lipinski definition) is 0. The van der Waals surface area contributed by atoms with E-state index in [9.17, 15) is 4.79 Å². The molecule has 1 saturated heterocycles. The van der Waals surface area contributed by atoms with Gasteiger partial charge in [-0.1, -0.05) is 32.1 Å². The van der Waals surface area contributed by atoms with E-state index in [1.165, 1.54) is 44.9 Å². The summed E-state index contributed by atoms with van der Waals surface area (Å²) < 4.78 is 11.2. The molecule has 3 aliphatic rings. The molecule has 2 aliphatic carbocycles. The Bertz CT molecular complexity index is 348. The van der Waals surface area contributed by atoms with Crippen LogP contribution >= 0.6 is 0 Å². The summed E-state index contributed by atoms with van der Waals surface area (Å²) >= 11 is 0. The summed E-state index contributed by atoms with van der Waals surface area (Å²) in [5, 5.41) is 0. The summed E-state index contributed by atoms with van der Waals surface area (Å²) in [7, 11) is 0. The quantitative estimate of drug-likeness (QED) is 0.735. The zero-order valence-electron chi connectivity index (χ0n) is 13.4. The highest BCUT2D eigenvalue weighted by Gasteiger charge is 2.40. The van der Waals surface area contributed by atoms with Gasteiger partial charge in [0.15, 0.2) is 6.10 Å². The van der Waals surface area contributed by atoms with E-state index in [0.717, 1.165) is 31.1 Å². The van der Waals surface area contributed by atoms with Crippen molar-refractivity contribution in [3.8, 4) is 0 Å². The van der Waals surface area contributed by atoms with Gasteiger partial charge in [-0.15, -0.1) is 0 Å². The van der Waals surface area contributed by atoms with E-state index in [-0.39, 0.29) is 12.1 Å². The van der Waals surface area contributed by atoms with Crippen molar-refractivity contribution in [1.82, 2.24) is 0 Å². The molecule has 3 heteroatoms. The van der Waals surface area contributed by atoms with Gasteiger partial charge in [-0.3, -0.25) is 0 Å². The molecule has 3 rings (SSSR count). The van der Waals surface area contributed by atoms with E-state index in [0.29, 0.717) is 18.6 Å². The molecule has 1 heterocycles. The third kappa shape index (κ3) is 3.61. The number of rotatable bonds is 3. The van der Waals surface area contributed by atoms with Crippen LogP contribution in [-0.4, -0.2) is 24.8 Å². The van der Waals surface area contributed by atoms with Crippen LogP contribution in [0.3, 0.4) is 0 Å². The first kappa shape index (κ1) is 15.3. The van der Waals surface area contributed by atoms with Gasteiger partial charge < -0.3 is 9.47 Å². The van der Waals surface area contributed by atoms with Crippen LogP contribution in [0.15, 0.2) is 0 Å². The van der Waals surface area contributed by atoms with Gasteiger partial charge in [-0.2, -0.15) is 0 Å². The molecule has 4 atom stereocenters. The molecule has 21 heavy (non-hydrogen) atoms. The van der Waals surface area contributed by atoms with Crippen molar-refractivity contribution < 1.29 is 14.3 Å². The Balaban J connectivity index is 1.51. The Hall–Kier alpha value is -0.570. The second kappa shape index (κ2) is 7.13. The first-order valence-electron chi connectivity index (χ1n) is 9.10. The second-order valence-electron chi connectivity index (χ2n) is 7.22. The zero-order valence-corrected chi connectivity index (χ0v) is 13.4. The van der Waals surface area contributed by atoms with E-state index < -0.39 is 0 Å². The minimum absolute atomic E-state index is 0.148. The number of fused-ring (bicyclic) bond motifs is 1. The van der Waals surface area contributed by atoms with Gasteiger partial charge in [0, 0.05) is 0 Å². The van der Waals surface area contributed by atoms with Crippen LogP contribution in [0.2, 0.25) is 0 Å². The van der Waals surface area contributed by atoms with Crippen LogP contribution < -0.4 is 0 Å². The van der Waals surface area contributed by atoms with E-state index in [4.69, 9.17) is 9.47 Å². The molecule has 0 aromatic rings. The van der Waals surface area contributed by atoms with Crippen molar-refractivity contribution >= 4 is 5.97 Å². The molecule has 3 nitrogen and oxygen atoms in total. The van der Waals surface area contributed by atoms with Gasteiger partial charge in [-0.05, 0) is 56.8 Å². The highest BCUT2D eigenvalue weighted by Crippen LogP contribution is 2.44. The summed E-state index contributed by atoms with van der Waals surface area (Å²) in [5.41, 5.74) is 0. The third-order valence-electron chi connectivity index (χ3n) is 5.96. The molecule has 2 saturated carbocycles. The summed E-state index contributed by atoms with van der Waals surface area (Å²) in [6.45, 7) is 2.31. The largest absolute Gasteiger partial charge is 0.464 e. The molecule has 0 amide bonds. The molecular formula is C18H30O3. The van der Waals surface area contributed by atoms with Crippen LogP contribution in [0, 0.1) is 17.8 Å². The maximum absolute atomic E-state index is 11.8. The summed E-state index contributed by atoms with van der Waals surface area (Å²) in [6.07, 6.45) is 13.1. The first-order valence-corrected chi connectivity index (χ1v) is 9.10. The number of esters is 1. The lowest BCUT2D eigenvalue weighted by Crippen LogP contribution is -2.43. The molecule has 120 valence electrons. The standard InChI is InChI=1S/C18H30O3/c1-2-20-18(19)17-11-9-15-12-14(8-10-16(15)21-17)13-6-4-3-5-7-13/h13-17H,2-12H2,1H3/t14-,15+,16-,17-/m0/s1. The highest BCUT2D eigenvalue weighted by molar-refractivity contribution is 5.74. The number of carbonyl (C=O) groups is 1. The topological polar surface area (TPSA) is 35.5 Å². The molecule has 0 N–H and O–H groups in total. The highest BCUT2D eigenvalue weighted by atomic mass is 16.6. The van der Waals surface area contributed by atoms with Crippen LogP contribution in [0.5, 0.6) is 0 Å². The van der Waals surface area contributed by atoms with Crippen molar-refractivity contribution in [3.05, 3.63) is 0 Å². The second-order valence-corrected chi connectivity index (χ2v) is 7.22. The normalized spacial score (nSPS) is 37.8. The molecule has 0 bridgehead atoms. The molecule has 0 unspecified atom stereocenters. The Kier molecular flexibility index (Phi) is 5.20. The van der Waals surface area contributed by atoms with Gasteiger partial charge in [0.25, 0.3) is 0 Å². The van der Waals surface area contributed by atoms with E-state index in [2.05, 4.69) is 0 Å². The third-order valence-corrected chi connectivity index (χ3v) is 5.96. The maximum Gasteiger partial charge on any atom is 0.335 e. The SMILES string of the molecule is CCOC(=O)[C@@H]1CC[C@@H]2C[C@@H](C3CCCCC3)CC[C@@H]2O1. The number of hydrogen-bond acceptors (Lipinski definition) is 3. The Morgan fingerprint density at radius 1 is 0.952 bits per heavy atom. The number of carbonyl (C=O) groups excluding carboxylic acids is 1. The predicted molar refractivity (Wildman–Crippen MR) is 81.9 cm³/mol. The molecule has 3 fully saturated rings. The van der Waals surface area contributed by atoms with Gasteiger partial charge in [0.1, 0.15) is 0 Å². The number of ether oxygens (including phenoxy) is 2. The lowest BCUT2D eigenvalue weighted by Gasteiger charge is -2.44. The summed E-state index contributed by atoms with van der Waals surface area (Å²) in [6, 6.07) is 0. The van der Waals surface area contributed by atoms with Crippen molar-refractivity contribution in [3.63, 3.8) is 0 Å². The van der Waals surface area contributed by atoms with Crippen LogP contribution in [0.4, 0.5) is 0 Å².